The lowest BCUT2D eigenvalue weighted by Gasteiger charge is -2.35. The third kappa shape index (κ3) is 3.22. The summed E-state index contributed by atoms with van der Waals surface area (Å²) in [5, 5.41) is 1.94. The van der Waals surface area contributed by atoms with E-state index in [2.05, 4.69) is 17.0 Å². The Labute approximate surface area is 161 Å². The lowest BCUT2D eigenvalue weighted by Crippen LogP contribution is -2.47. The van der Waals surface area contributed by atoms with Gasteiger partial charge in [-0.3, -0.25) is 19.4 Å². The standard InChI is InChI=1S/C20H19ClN2O2S/c21-18-17(16-7-4-12-26-16)19(24)23(20(18)25)15-8-10-22(11-9-15)13-14-5-2-1-3-6-14/h1-7,12,15H,8-11,13H2. The van der Waals surface area contributed by atoms with Gasteiger partial charge in [0.25, 0.3) is 11.8 Å². The molecule has 0 bridgehead atoms. The zero-order chi connectivity index (χ0) is 18.1. The molecule has 26 heavy (non-hydrogen) atoms. The van der Waals surface area contributed by atoms with Crippen molar-refractivity contribution in [1.82, 2.24) is 9.80 Å². The van der Waals surface area contributed by atoms with Crippen LogP contribution < -0.4 is 0 Å². The molecule has 0 spiro atoms. The van der Waals surface area contributed by atoms with E-state index in [1.807, 2.05) is 35.7 Å². The van der Waals surface area contributed by atoms with Crippen molar-refractivity contribution in [2.24, 2.45) is 0 Å². The van der Waals surface area contributed by atoms with Gasteiger partial charge in [-0.1, -0.05) is 48.0 Å². The van der Waals surface area contributed by atoms with Crippen molar-refractivity contribution < 1.29 is 9.59 Å². The van der Waals surface area contributed by atoms with Gasteiger partial charge in [-0.05, 0) is 29.9 Å². The molecule has 2 aliphatic heterocycles. The molecule has 4 nitrogen and oxygen atoms in total. The fourth-order valence-electron chi connectivity index (χ4n) is 3.66. The maximum absolute atomic E-state index is 12.9. The highest BCUT2D eigenvalue weighted by Crippen LogP contribution is 2.36. The van der Waals surface area contributed by atoms with Gasteiger partial charge in [0.2, 0.25) is 0 Å². The van der Waals surface area contributed by atoms with Crippen molar-refractivity contribution in [2.45, 2.75) is 25.4 Å². The molecular weight excluding hydrogens is 368 g/mol. The summed E-state index contributed by atoms with van der Waals surface area (Å²) in [4.78, 5) is 30.0. The number of halogens is 1. The van der Waals surface area contributed by atoms with E-state index in [0.29, 0.717) is 5.57 Å². The van der Waals surface area contributed by atoms with Crippen LogP contribution in [0.25, 0.3) is 5.57 Å². The minimum absolute atomic E-state index is 0.0594. The van der Waals surface area contributed by atoms with Crippen molar-refractivity contribution in [2.75, 3.05) is 13.1 Å². The van der Waals surface area contributed by atoms with Gasteiger partial charge in [0.1, 0.15) is 5.03 Å². The van der Waals surface area contributed by atoms with Crippen molar-refractivity contribution in [3.63, 3.8) is 0 Å². The minimum Gasteiger partial charge on any atom is -0.299 e. The Kier molecular flexibility index (Phi) is 4.94. The molecule has 0 aliphatic carbocycles. The maximum atomic E-state index is 12.9. The average molecular weight is 387 g/mol. The number of imide groups is 1. The van der Waals surface area contributed by atoms with Gasteiger partial charge >= 0.3 is 0 Å². The first-order valence-electron chi connectivity index (χ1n) is 8.73. The highest BCUT2D eigenvalue weighted by Gasteiger charge is 2.43. The van der Waals surface area contributed by atoms with E-state index in [-0.39, 0.29) is 22.9 Å². The second-order valence-corrected chi connectivity index (χ2v) is 7.97. The second kappa shape index (κ2) is 7.35. The number of piperidine rings is 1. The third-order valence-corrected chi connectivity index (χ3v) is 6.24. The molecule has 1 saturated heterocycles. The Morgan fingerprint density at radius 3 is 2.38 bits per heavy atom. The van der Waals surface area contributed by atoms with Gasteiger partial charge in [-0.25, -0.2) is 0 Å². The Morgan fingerprint density at radius 2 is 1.73 bits per heavy atom. The van der Waals surface area contributed by atoms with E-state index in [9.17, 15) is 9.59 Å². The van der Waals surface area contributed by atoms with Crippen molar-refractivity contribution >= 4 is 40.3 Å². The fourth-order valence-corrected chi connectivity index (χ4v) is 4.76. The van der Waals surface area contributed by atoms with Gasteiger partial charge in [-0.2, -0.15) is 0 Å². The van der Waals surface area contributed by atoms with Gasteiger partial charge < -0.3 is 0 Å². The van der Waals surface area contributed by atoms with Crippen LogP contribution in [0.5, 0.6) is 0 Å². The van der Waals surface area contributed by atoms with Gasteiger partial charge in [-0.15, -0.1) is 11.3 Å². The lowest BCUT2D eigenvalue weighted by molar-refractivity contribution is -0.140. The molecule has 0 N–H and O–H groups in total. The lowest BCUT2D eigenvalue weighted by atomic mass is 10.0. The fraction of sp³-hybridized carbons (Fsp3) is 0.300. The van der Waals surface area contributed by atoms with Gasteiger partial charge in [0, 0.05) is 30.6 Å². The highest BCUT2D eigenvalue weighted by molar-refractivity contribution is 7.11. The van der Waals surface area contributed by atoms with E-state index >= 15 is 0 Å². The van der Waals surface area contributed by atoms with Crippen LogP contribution in [0, 0.1) is 0 Å². The Balaban J connectivity index is 1.42. The number of likely N-dealkylation sites (tertiary alicyclic amines) is 1. The summed E-state index contributed by atoms with van der Waals surface area (Å²) in [6.07, 6.45) is 1.57. The van der Waals surface area contributed by atoms with E-state index in [1.165, 1.54) is 21.8 Å². The van der Waals surface area contributed by atoms with Crippen LogP contribution in [0.15, 0.2) is 52.9 Å². The number of hydrogen-bond donors (Lipinski definition) is 0. The van der Waals surface area contributed by atoms with E-state index in [4.69, 9.17) is 11.6 Å². The molecule has 0 unspecified atom stereocenters. The molecule has 2 aromatic rings. The molecule has 1 aromatic heterocycles. The number of hydrogen-bond acceptors (Lipinski definition) is 4. The van der Waals surface area contributed by atoms with Gasteiger partial charge in [0.05, 0.1) is 5.57 Å². The summed E-state index contributed by atoms with van der Waals surface area (Å²) < 4.78 is 0. The molecule has 1 aromatic carbocycles. The molecule has 6 heteroatoms. The molecule has 2 aliphatic rings. The largest absolute Gasteiger partial charge is 0.299 e. The zero-order valence-corrected chi connectivity index (χ0v) is 15.8. The molecule has 0 radical (unpaired) electrons. The number of benzene rings is 1. The van der Waals surface area contributed by atoms with Crippen LogP contribution >= 0.6 is 22.9 Å². The smallest absolute Gasteiger partial charge is 0.273 e. The normalized spacial score (nSPS) is 19.7. The predicted octanol–water partition coefficient (Wildman–Crippen LogP) is 3.73. The molecule has 3 heterocycles. The quantitative estimate of drug-likeness (QED) is 0.752. The molecule has 4 rings (SSSR count). The maximum Gasteiger partial charge on any atom is 0.273 e. The summed E-state index contributed by atoms with van der Waals surface area (Å²) in [7, 11) is 0. The molecule has 0 atom stereocenters. The molecule has 2 amide bonds. The van der Waals surface area contributed by atoms with Crippen molar-refractivity contribution in [3.8, 4) is 0 Å². The summed E-state index contributed by atoms with van der Waals surface area (Å²) in [6, 6.07) is 14.0. The third-order valence-electron chi connectivity index (χ3n) is 5.00. The number of carbonyl (C=O) groups excluding carboxylic acids is 2. The van der Waals surface area contributed by atoms with Crippen molar-refractivity contribution in [1.29, 1.82) is 0 Å². The Hall–Kier alpha value is -1.95. The minimum atomic E-state index is -0.346. The summed E-state index contributed by atoms with van der Waals surface area (Å²) in [5.74, 6) is -0.592. The van der Waals surface area contributed by atoms with Crippen LogP contribution in [0.1, 0.15) is 23.3 Å². The van der Waals surface area contributed by atoms with E-state index in [0.717, 1.165) is 37.4 Å². The average Bonchev–Trinajstić information content (AvgIpc) is 3.25. The zero-order valence-electron chi connectivity index (χ0n) is 14.2. The summed E-state index contributed by atoms with van der Waals surface area (Å²) >= 11 is 7.66. The monoisotopic (exact) mass is 386 g/mol. The SMILES string of the molecule is O=C1C(Cl)=C(c2cccs2)C(=O)N1C1CCN(Cc2ccccc2)CC1. The number of carbonyl (C=O) groups is 2. The number of nitrogens with zero attached hydrogens (tertiary/aromatic N) is 2. The van der Waals surface area contributed by atoms with Crippen molar-refractivity contribution in [3.05, 3.63) is 63.3 Å². The predicted molar refractivity (Wildman–Crippen MR) is 104 cm³/mol. The van der Waals surface area contributed by atoms with Crippen LogP contribution in [-0.4, -0.2) is 40.7 Å². The van der Waals surface area contributed by atoms with E-state index < -0.39 is 0 Å². The topological polar surface area (TPSA) is 40.6 Å². The first-order chi connectivity index (χ1) is 12.6. The van der Waals surface area contributed by atoms with Crippen LogP contribution in [0.2, 0.25) is 0 Å². The van der Waals surface area contributed by atoms with Crippen LogP contribution in [0.3, 0.4) is 0 Å². The number of amides is 2. The first kappa shape index (κ1) is 17.5. The second-order valence-electron chi connectivity index (χ2n) is 6.64. The molecule has 134 valence electrons. The Bertz CT molecular complexity index is 840. The first-order valence-corrected chi connectivity index (χ1v) is 9.98. The summed E-state index contributed by atoms with van der Waals surface area (Å²) in [5.41, 5.74) is 1.64. The van der Waals surface area contributed by atoms with Crippen LogP contribution in [0.4, 0.5) is 0 Å². The van der Waals surface area contributed by atoms with E-state index in [1.54, 1.807) is 0 Å². The number of rotatable bonds is 4. The molecule has 1 fully saturated rings. The highest BCUT2D eigenvalue weighted by atomic mass is 35.5. The summed E-state index contributed by atoms with van der Waals surface area (Å²) in [6.45, 7) is 2.63. The molecular formula is C20H19ClN2O2S. The Morgan fingerprint density at radius 1 is 1.00 bits per heavy atom. The van der Waals surface area contributed by atoms with Crippen LogP contribution in [-0.2, 0) is 16.1 Å². The number of thiophene rings is 1. The van der Waals surface area contributed by atoms with Gasteiger partial charge in [0.15, 0.2) is 0 Å². The molecule has 0 saturated carbocycles.